The summed E-state index contributed by atoms with van der Waals surface area (Å²) in [5.74, 6) is 0. The van der Waals surface area contributed by atoms with Crippen molar-refractivity contribution in [3.63, 3.8) is 0 Å². The van der Waals surface area contributed by atoms with Gasteiger partial charge in [-0.05, 0) is 17.9 Å². The number of hydrogen-bond acceptors (Lipinski definition) is 3. The van der Waals surface area contributed by atoms with E-state index in [1.54, 1.807) is 0 Å². The summed E-state index contributed by atoms with van der Waals surface area (Å²) in [5, 5.41) is 4.63. The lowest BCUT2D eigenvalue weighted by Gasteiger charge is -2.28. The van der Waals surface area contributed by atoms with Gasteiger partial charge in [0.15, 0.2) is 0 Å². The number of fused-ring (bicyclic) bond motifs is 1. The molecule has 1 fully saturated rings. The molecule has 1 heterocycles. The van der Waals surface area contributed by atoms with Crippen LogP contribution in [0.3, 0.4) is 0 Å². The van der Waals surface area contributed by atoms with Crippen molar-refractivity contribution in [3.05, 3.63) is 42.5 Å². The molecule has 2 aromatic rings. The van der Waals surface area contributed by atoms with E-state index in [1.807, 2.05) is 0 Å². The molecule has 1 aliphatic rings. The van der Waals surface area contributed by atoms with Crippen molar-refractivity contribution in [1.29, 1.82) is 0 Å². The number of hydrogen-bond donors (Lipinski definition) is 1. The molecule has 3 nitrogen and oxygen atoms in total. The summed E-state index contributed by atoms with van der Waals surface area (Å²) in [5.41, 5.74) is 4.58. The quantitative estimate of drug-likeness (QED) is 0.855. The standard InChI is InChI=1S/C14H16N2O/c1-2-7-13-12(5-1)6-3-8-14(13)15-16-9-4-10-17-11-16/h1-3,5-8,15H,4,9-11H2. The lowest BCUT2D eigenvalue weighted by atomic mass is 10.1. The maximum atomic E-state index is 5.43. The van der Waals surface area contributed by atoms with E-state index in [0.717, 1.165) is 25.3 Å². The van der Waals surface area contributed by atoms with Gasteiger partial charge < -0.3 is 10.2 Å². The van der Waals surface area contributed by atoms with Gasteiger partial charge in [-0.15, -0.1) is 0 Å². The van der Waals surface area contributed by atoms with Crippen molar-refractivity contribution in [3.8, 4) is 0 Å². The van der Waals surface area contributed by atoms with Crippen molar-refractivity contribution in [2.45, 2.75) is 6.42 Å². The molecule has 3 heteroatoms. The third-order valence-corrected chi connectivity index (χ3v) is 3.03. The monoisotopic (exact) mass is 228 g/mol. The first-order valence-corrected chi connectivity index (χ1v) is 6.00. The molecular formula is C14H16N2O. The fourth-order valence-electron chi connectivity index (χ4n) is 2.18. The summed E-state index contributed by atoms with van der Waals surface area (Å²) in [6.45, 7) is 2.56. The molecule has 0 bridgehead atoms. The number of anilines is 1. The van der Waals surface area contributed by atoms with Gasteiger partial charge in [-0.25, -0.2) is 0 Å². The molecule has 0 amide bonds. The molecule has 0 unspecified atom stereocenters. The predicted molar refractivity (Wildman–Crippen MR) is 69.7 cm³/mol. The van der Waals surface area contributed by atoms with Crippen molar-refractivity contribution >= 4 is 16.5 Å². The van der Waals surface area contributed by atoms with Gasteiger partial charge in [0, 0.05) is 18.5 Å². The van der Waals surface area contributed by atoms with Crippen LogP contribution in [0.1, 0.15) is 6.42 Å². The number of rotatable bonds is 2. The molecule has 0 radical (unpaired) electrons. The molecule has 0 aromatic heterocycles. The topological polar surface area (TPSA) is 24.5 Å². The zero-order valence-corrected chi connectivity index (χ0v) is 9.73. The van der Waals surface area contributed by atoms with Gasteiger partial charge in [0.2, 0.25) is 0 Å². The summed E-state index contributed by atoms with van der Waals surface area (Å²) in [6, 6.07) is 14.7. The highest BCUT2D eigenvalue weighted by molar-refractivity contribution is 5.93. The van der Waals surface area contributed by atoms with Crippen LogP contribution in [-0.4, -0.2) is 24.9 Å². The maximum absolute atomic E-state index is 5.43. The first-order chi connectivity index (χ1) is 8.43. The normalized spacial score (nSPS) is 17.2. The van der Waals surface area contributed by atoms with E-state index >= 15 is 0 Å². The Balaban J connectivity index is 1.89. The van der Waals surface area contributed by atoms with E-state index in [2.05, 4.69) is 52.9 Å². The highest BCUT2D eigenvalue weighted by atomic mass is 16.5. The Bertz CT molecular complexity index is 501. The Morgan fingerprint density at radius 3 is 2.82 bits per heavy atom. The molecule has 1 saturated heterocycles. The number of ether oxygens (including phenoxy) is 1. The fraction of sp³-hybridized carbons (Fsp3) is 0.286. The lowest BCUT2D eigenvalue weighted by Crippen LogP contribution is -2.37. The molecule has 0 atom stereocenters. The van der Waals surface area contributed by atoms with Gasteiger partial charge in [0.1, 0.15) is 6.73 Å². The molecule has 0 spiro atoms. The molecule has 2 aromatic carbocycles. The predicted octanol–water partition coefficient (Wildman–Crippen LogP) is 2.85. The Labute approximate surface area is 101 Å². The minimum absolute atomic E-state index is 0.656. The van der Waals surface area contributed by atoms with Crippen LogP contribution in [0.15, 0.2) is 42.5 Å². The van der Waals surface area contributed by atoms with E-state index in [0.29, 0.717) is 6.73 Å². The summed E-state index contributed by atoms with van der Waals surface area (Å²) < 4.78 is 5.43. The second kappa shape index (κ2) is 4.73. The van der Waals surface area contributed by atoms with E-state index in [4.69, 9.17) is 4.74 Å². The van der Waals surface area contributed by atoms with Gasteiger partial charge in [0.05, 0.1) is 5.69 Å². The molecule has 3 rings (SSSR count). The van der Waals surface area contributed by atoms with Gasteiger partial charge >= 0.3 is 0 Å². The number of hydrazine groups is 1. The van der Waals surface area contributed by atoms with Gasteiger partial charge in [-0.2, -0.15) is 5.01 Å². The Kier molecular flexibility index (Phi) is 2.94. The number of benzene rings is 2. The molecule has 17 heavy (non-hydrogen) atoms. The maximum Gasteiger partial charge on any atom is 0.116 e. The molecule has 0 aliphatic carbocycles. The second-order valence-corrected chi connectivity index (χ2v) is 4.29. The van der Waals surface area contributed by atoms with E-state index < -0.39 is 0 Å². The van der Waals surface area contributed by atoms with Crippen LogP contribution in [0, 0.1) is 0 Å². The Hall–Kier alpha value is -1.58. The third kappa shape index (κ3) is 2.25. The smallest absolute Gasteiger partial charge is 0.116 e. The minimum atomic E-state index is 0.656. The largest absolute Gasteiger partial charge is 0.364 e. The minimum Gasteiger partial charge on any atom is -0.364 e. The lowest BCUT2D eigenvalue weighted by molar-refractivity contribution is 0.000618. The van der Waals surface area contributed by atoms with Crippen LogP contribution >= 0.6 is 0 Å². The van der Waals surface area contributed by atoms with Crippen LogP contribution in [0.5, 0.6) is 0 Å². The average molecular weight is 228 g/mol. The highest BCUT2D eigenvalue weighted by Gasteiger charge is 2.10. The van der Waals surface area contributed by atoms with Crippen molar-refractivity contribution in [2.24, 2.45) is 0 Å². The van der Waals surface area contributed by atoms with Crippen molar-refractivity contribution < 1.29 is 4.74 Å². The highest BCUT2D eigenvalue weighted by Crippen LogP contribution is 2.23. The summed E-state index contributed by atoms with van der Waals surface area (Å²) >= 11 is 0. The Morgan fingerprint density at radius 2 is 1.94 bits per heavy atom. The van der Waals surface area contributed by atoms with Crippen LogP contribution in [-0.2, 0) is 4.74 Å². The molecular weight excluding hydrogens is 212 g/mol. The molecule has 0 saturated carbocycles. The first-order valence-electron chi connectivity index (χ1n) is 6.00. The van der Waals surface area contributed by atoms with Crippen LogP contribution in [0.25, 0.3) is 10.8 Å². The number of nitrogens with zero attached hydrogens (tertiary/aromatic N) is 1. The second-order valence-electron chi connectivity index (χ2n) is 4.29. The average Bonchev–Trinajstić information content (AvgIpc) is 2.40. The summed E-state index contributed by atoms with van der Waals surface area (Å²) in [6.07, 6.45) is 1.08. The molecule has 88 valence electrons. The number of nitrogens with one attached hydrogen (secondary N) is 1. The van der Waals surface area contributed by atoms with Gasteiger partial charge in [0.25, 0.3) is 0 Å². The summed E-state index contributed by atoms with van der Waals surface area (Å²) in [4.78, 5) is 0. The fourth-order valence-corrected chi connectivity index (χ4v) is 2.18. The van der Waals surface area contributed by atoms with Crippen LogP contribution in [0.2, 0.25) is 0 Å². The molecule has 1 N–H and O–H groups in total. The van der Waals surface area contributed by atoms with Crippen molar-refractivity contribution in [2.75, 3.05) is 25.3 Å². The zero-order chi connectivity index (χ0) is 11.5. The van der Waals surface area contributed by atoms with Gasteiger partial charge in [-0.1, -0.05) is 36.4 Å². The zero-order valence-electron chi connectivity index (χ0n) is 9.73. The van der Waals surface area contributed by atoms with E-state index in [1.165, 1.54) is 10.8 Å². The van der Waals surface area contributed by atoms with E-state index in [9.17, 15) is 0 Å². The SMILES string of the molecule is c1ccc2c(NN3CCCOC3)cccc2c1. The van der Waals surface area contributed by atoms with Crippen LogP contribution in [0.4, 0.5) is 5.69 Å². The summed E-state index contributed by atoms with van der Waals surface area (Å²) in [7, 11) is 0. The van der Waals surface area contributed by atoms with Gasteiger partial charge in [-0.3, -0.25) is 0 Å². The Morgan fingerprint density at radius 1 is 1.06 bits per heavy atom. The molecule has 1 aliphatic heterocycles. The first kappa shape index (κ1) is 10.6. The van der Waals surface area contributed by atoms with E-state index in [-0.39, 0.29) is 0 Å². The van der Waals surface area contributed by atoms with Crippen molar-refractivity contribution in [1.82, 2.24) is 5.01 Å². The third-order valence-electron chi connectivity index (χ3n) is 3.03. The van der Waals surface area contributed by atoms with Crippen LogP contribution < -0.4 is 5.43 Å².